The number of ether oxygens (including phenoxy) is 1. The topological polar surface area (TPSA) is 50.3 Å². The van der Waals surface area contributed by atoms with E-state index in [2.05, 4.69) is 39.2 Å². The second kappa shape index (κ2) is 7.47. The molecule has 21 heavy (non-hydrogen) atoms. The van der Waals surface area contributed by atoms with E-state index in [0.29, 0.717) is 11.6 Å². The highest BCUT2D eigenvalue weighted by Gasteiger charge is 2.18. The maximum Gasteiger partial charge on any atom is 0.204 e. The number of anilines is 3. The Morgan fingerprint density at radius 3 is 2.57 bits per heavy atom. The van der Waals surface area contributed by atoms with Gasteiger partial charge in [-0.3, -0.25) is 0 Å². The van der Waals surface area contributed by atoms with Crippen molar-refractivity contribution >= 4 is 17.3 Å². The fraction of sp³-hybridized carbons (Fsp3) is 0.375. The predicted molar refractivity (Wildman–Crippen MR) is 86.5 cm³/mol. The van der Waals surface area contributed by atoms with Crippen molar-refractivity contribution in [2.45, 2.75) is 19.8 Å². The van der Waals surface area contributed by atoms with Gasteiger partial charge in [-0.1, -0.05) is 31.5 Å². The lowest BCUT2D eigenvalue weighted by Gasteiger charge is -2.25. The Balaban J connectivity index is 2.46. The minimum atomic E-state index is 0.667. The van der Waals surface area contributed by atoms with Crippen molar-refractivity contribution in [3.05, 3.63) is 36.7 Å². The van der Waals surface area contributed by atoms with Crippen LogP contribution >= 0.6 is 0 Å². The molecular formula is C16H22N4O. The Hall–Kier alpha value is -2.30. The molecule has 0 saturated heterocycles. The molecule has 0 atom stereocenters. The van der Waals surface area contributed by atoms with Crippen LogP contribution in [0.1, 0.15) is 19.8 Å². The van der Waals surface area contributed by atoms with Gasteiger partial charge in [0, 0.05) is 19.3 Å². The molecule has 112 valence electrons. The summed E-state index contributed by atoms with van der Waals surface area (Å²) in [6.45, 7) is 3.07. The van der Waals surface area contributed by atoms with Crippen LogP contribution < -0.4 is 15.0 Å². The van der Waals surface area contributed by atoms with Gasteiger partial charge in [0.25, 0.3) is 0 Å². The fourth-order valence-corrected chi connectivity index (χ4v) is 2.20. The van der Waals surface area contributed by atoms with Gasteiger partial charge in [-0.05, 0) is 18.6 Å². The molecule has 5 heteroatoms. The van der Waals surface area contributed by atoms with Gasteiger partial charge >= 0.3 is 0 Å². The van der Waals surface area contributed by atoms with Crippen molar-refractivity contribution in [3.63, 3.8) is 0 Å². The normalized spacial score (nSPS) is 10.2. The van der Waals surface area contributed by atoms with Crippen molar-refractivity contribution < 1.29 is 4.74 Å². The molecule has 1 aromatic carbocycles. The number of hydrogen-bond acceptors (Lipinski definition) is 5. The van der Waals surface area contributed by atoms with E-state index in [1.54, 1.807) is 13.4 Å². The first-order chi connectivity index (χ1) is 10.3. The zero-order valence-corrected chi connectivity index (χ0v) is 12.8. The van der Waals surface area contributed by atoms with Gasteiger partial charge in [-0.25, -0.2) is 9.97 Å². The summed E-state index contributed by atoms with van der Waals surface area (Å²) in [5.74, 6) is 2.15. The largest absolute Gasteiger partial charge is 0.490 e. The second-order valence-electron chi connectivity index (χ2n) is 4.67. The maximum absolute atomic E-state index is 5.52. The Labute approximate surface area is 126 Å². The van der Waals surface area contributed by atoms with Crippen LogP contribution in [0.3, 0.4) is 0 Å². The van der Waals surface area contributed by atoms with E-state index in [1.807, 2.05) is 25.2 Å². The fourth-order valence-electron chi connectivity index (χ4n) is 2.20. The lowest BCUT2D eigenvalue weighted by molar-refractivity contribution is 0.413. The van der Waals surface area contributed by atoms with Gasteiger partial charge in [0.2, 0.25) is 5.75 Å². The van der Waals surface area contributed by atoms with Crippen LogP contribution in [0.5, 0.6) is 5.75 Å². The standard InChI is InChI=1S/C16H22N4O/c1-4-5-11-20(13-9-7-6-8-10-13)16-14(21-3)15(17-2)18-12-19-16/h6-10,12H,4-5,11H2,1-3H3,(H,17,18,19). The SMILES string of the molecule is CCCCN(c1ccccc1)c1ncnc(NC)c1OC. The van der Waals surface area contributed by atoms with E-state index in [4.69, 9.17) is 4.74 Å². The number of unbranched alkanes of at least 4 members (excludes halogenated alkanes) is 1. The number of aromatic nitrogens is 2. The minimum Gasteiger partial charge on any atom is -0.490 e. The third kappa shape index (κ3) is 3.42. The van der Waals surface area contributed by atoms with Crippen molar-refractivity contribution in [3.8, 4) is 5.75 Å². The van der Waals surface area contributed by atoms with Crippen LogP contribution in [0, 0.1) is 0 Å². The summed E-state index contributed by atoms with van der Waals surface area (Å²) in [7, 11) is 3.47. The average Bonchev–Trinajstić information content (AvgIpc) is 2.55. The summed E-state index contributed by atoms with van der Waals surface area (Å²) in [5.41, 5.74) is 1.10. The molecule has 0 bridgehead atoms. The molecule has 5 nitrogen and oxygen atoms in total. The van der Waals surface area contributed by atoms with Gasteiger partial charge in [0.05, 0.1) is 7.11 Å². The molecule has 0 unspecified atom stereocenters. The Morgan fingerprint density at radius 2 is 1.95 bits per heavy atom. The predicted octanol–water partition coefficient (Wildman–Crippen LogP) is 3.47. The van der Waals surface area contributed by atoms with Gasteiger partial charge in [0.15, 0.2) is 11.6 Å². The molecule has 1 heterocycles. The lowest BCUT2D eigenvalue weighted by atomic mass is 10.2. The number of hydrogen-bond donors (Lipinski definition) is 1. The summed E-state index contributed by atoms with van der Waals surface area (Å²) < 4.78 is 5.52. The molecule has 0 aliphatic rings. The monoisotopic (exact) mass is 286 g/mol. The van der Waals surface area contributed by atoms with Crippen molar-refractivity contribution in [1.82, 2.24) is 9.97 Å². The number of rotatable bonds is 7. The number of benzene rings is 1. The van der Waals surface area contributed by atoms with Crippen molar-refractivity contribution in [1.29, 1.82) is 0 Å². The molecule has 2 rings (SSSR count). The number of para-hydroxylation sites is 1. The second-order valence-corrected chi connectivity index (χ2v) is 4.67. The molecule has 2 aromatic rings. The number of nitrogens with zero attached hydrogens (tertiary/aromatic N) is 3. The van der Waals surface area contributed by atoms with E-state index >= 15 is 0 Å². The first kappa shape index (κ1) is 15.1. The van der Waals surface area contributed by atoms with E-state index in [0.717, 1.165) is 30.9 Å². The number of nitrogens with one attached hydrogen (secondary N) is 1. The van der Waals surface area contributed by atoms with Gasteiger partial charge < -0.3 is 15.0 Å². The van der Waals surface area contributed by atoms with Gasteiger partial charge in [0.1, 0.15) is 6.33 Å². The molecular weight excluding hydrogens is 264 g/mol. The first-order valence-corrected chi connectivity index (χ1v) is 7.21. The summed E-state index contributed by atoms with van der Waals surface area (Å²) in [6.07, 6.45) is 3.76. The maximum atomic E-state index is 5.52. The third-order valence-electron chi connectivity index (χ3n) is 3.28. The van der Waals surface area contributed by atoms with Crippen LogP contribution in [0.4, 0.5) is 17.3 Å². The molecule has 0 aliphatic heterocycles. The van der Waals surface area contributed by atoms with Gasteiger partial charge in [-0.15, -0.1) is 0 Å². The molecule has 1 N–H and O–H groups in total. The van der Waals surface area contributed by atoms with Crippen LogP contribution in [0.2, 0.25) is 0 Å². The van der Waals surface area contributed by atoms with E-state index in [9.17, 15) is 0 Å². The quantitative estimate of drug-likeness (QED) is 0.844. The first-order valence-electron chi connectivity index (χ1n) is 7.21. The van der Waals surface area contributed by atoms with Crippen LogP contribution in [0.15, 0.2) is 36.7 Å². The van der Waals surface area contributed by atoms with Crippen molar-refractivity contribution in [2.24, 2.45) is 0 Å². The lowest BCUT2D eigenvalue weighted by Crippen LogP contribution is -2.21. The Bertz CT molecular complexity index is 559. The molecule has 0 radical (unpaired) electrons. The summed E-state index contributed by atoms with van der Waals surface area (Å²) in [5, 5.41) is 3.05. The van der Waals surface area contributed by atoms with E-state index in [1.165, 1.54) is 0 Å². The van der Waals surface area contributed by atoms with Crippen molar-refractivity contribution in [2.75, 3.05) is 30.9 Å². The summed E-state index contributed by atoms with van der Waals surface area (Å²) in [6, 6.07) is 10.2. The summed E-state index contributed by atoms with van der Waals surface area (Å²) in [4.78, 5) is 10.8. The third-order valence-corrected chi connectivity index (χ3v) is 3.28. The zero-order valence-electron chi connectivity index (χ0n) is 12.8. The smallest absolute Gasteiger partial charge is 0.204 e. The summed E-state index contributed by atoms with van der Waals surface area (Å²) >= 11 is 0. The molecule has 0 aliphatic carbocycles. The van der Waals surface area contributed by atoms with E-state index < -0.39 is 0 Å². The highest BCUT2D eigenvalue weighted by atomic mass is 16.5. The highest BCUT2D eigenvalue weighted by molar-refractivity contribution is 5.71. The molecule has 0 saturated carbocycles. The van der Waals surface area contributed by atoms with Crippen LogP contribution in [-0.4, -0.2) is 30.7 Å². The Morgan fingerprint density at radius 1 is 1.19 bits per heavy atom. The van der Waals surface area contributed by atoms with E-state index in [-0.39, 0.29) is 0 Å². The van der Waals surface area contributed by atoms with Crippen LogP contribution in [0.25, 0.3) is 0 Å². The van der Waals surface area contributed by atoms with Gasteiger partial charge in [-0.2, -0.15) is 0 Å². The van der Waals surface area contributed by atoms with Crippen LogP contribution in [-0.2, 0) is 0 Å². The molecule has 0 spiro atoms. The average molecular weight is 286 g/mol. The Kier molecular flexibility index (Phi) is 5.37. The molecule has 1 aromatic heterocycles. The highest BCUT2D eigenvalue weighted by Crippen LogP contribution is 2.35. The number of methoxy groups -OCH3 is 1. The molecule has 0 fully saturated rings. The minimum absolute atomic E-state index is 0.667. The molecule has 0 amide bonds. The zero-order chi connectivity index (χ0) is 15.1.